The molecule has 0 spiro atoms. The van der Waals surface area contributed by atoms with E-state index in [-0.39, 0.29) is 11.7 Å². The van der Waals surface area contributed by atoms with Gasteiger partial charge in [0.1, 0.15) is 0 Å². The van der Waals surface area contributed by atoms with Gasteiger partial charge in [-0.25, -0.2) is 0 Å². The Kier molecular flexibility index (Phi) is 5.86. The zero-order valence-electron chi connectivity index (χ0n) is 11.6. The Morgan fingerprint density at radius 2 is 2.24 bits per heavy atom. The number of rotatable bonds is 6. The molecule has 0 radical (unpaired) electrons. The zero-order chi connectivity index (χ0) is 12.9. The summed E-state index contributed by atoms with van der Waals surface area (Å²) >= 11 is 0. The third kappa shape index (κ3) is 4.92. The number of likely N-dealkylation sites (N-methyl/N-ethyl adjacent to an activating group) is 1. The van der Waals surface area contributed by atoms with Gasteiger partial charge in [0.2, 0.25) is 0 Å². The SMILES string of the molecule is CCN1CCOC(C(O)CCC(C)(C)OC)C1. The Bertz CT molecular complexity index is 221. The van der Waals surface area contributed by atoms with E-state index in [1.165, 1.54) is 0 Å². The molecule has 0 aromatic rings. The fourth-order valence-corrected chi connectivity index (χ4v) is 2.04. The minimum absolute atomic E-state index is 0.0450. The van der Waals surface area contributed by atoms with E-state index in [0.29, 0.717) is 0 Å². The summed E-state index contributed by atoms with van der Waals surface area (Å²) in [6.45, 7) is 9.79. The molecule has 0 amide bonds. The van der Waals surface area contributed by atoms with Crippen LogP contribution in [0.3, 0.4) is 0 Å². The fraction of sp³-hybridized carbons (Fsp3) is 1.00. The molecule has 1 heterocycles. The van der Waals surface area contributed by atoms with E-state index >= 15 is 0 Å². The van der Waals surface area contributed by atoms with Gasteiger partial charge in [0.15, 0.2) is 0 Å². The summed E-state index contributed by atoms with van der Waals surface area (Å²) in [7, 11) is 1.71. The van der Waals surface area contributed by atoms with Crippen molar-refractivity contribution in [1.82, 2.24) is 4.90 Å². The summed E-state index contributed by atoms with van der Waals surface area (Å²) < 4.78 is 11.0. The molecule has 0 aromatic heterocycles. The van der Waals surface area contributed by atoms with Gasteiger partial charge in [0.05, 0.1) is 24.4 Å². The van der Waals surface area contributed by atoms with E-state index in [1.54, 1.807) is 7.11 Å². The maximum Gasteiger partial charge on any atom is 0.0961 e. The summed E-state index contributed by atoms with van der Waals surface area (Å²) in [6.07, 6.45) is 1.13. The summed E-state index contributed by atoms with van der Waals surface area (Å²) in [6, 6.07) is 0. The summed E-state index contributed by atoms with van der Waals surface area (Å²) in [4.78, 5) is 2.32. The molecule has 0 aromatic carbocycles. The molecule has 2 atom stereocenters. The van der Waals surface area contributed by atoms with Gasteiger partial charge in [-0.2, -0.15) is 0 Å². The number of aliphatic hydroxyl groups is 1. The molecule has 102 valence electrons. The second kappa shape index (κ2) is 6.69. The van der Waals surface area contributed by atoms with Gasteiger partial charge in [-0.3, -0.25) is 4.90 Å². The molecule has 1 aliphatic rings. The first-order chi connectivity index (χ1) is 7.98. The average molecular weight is 245 g/mol. The van der Waals surface area contributed by atoms with E-state index in [9.17, 15) is 5.11 Å². The second-order valence-electron chi connectivity index (χ2n) is 5.37. The van der Waals surface area contributed by atoms with Gasteiger partial charge >= 0.3 is 0 Å². The minimum Gasteiger partial charge on any atom is -0.390 e. The first-order valence-corrected chi connectivity index (χ1v) is 6.55. The molecule has 2 unspecified atom stereocenters. The van der Waals surface area contributed by atoms with Crippen LogP contribution >= 0.6 is 0 Å². The van der Waals surface area contributed by atoms with E-state index in [0.717, 1.165) is 39.1 Å². The van der Waals surface area contributed by atoms with Gasteiger partial charge < -0.3 is 14.6 Å². The number of methoxy groups -OCH3 is 1. The van der Waals surface area contributed by atoms with Crippen molar-refractivity contribution in [3.05, 3.63) is 0 Å². The van der Waals surface area contributed by atoms with Crippen LogP contribution in [0.1, 0.15) is 33.6 Å². The summed E-state index contributed by atoms with van der Waals surface area (Å²) in [5.74, 6) is 0. The van der Waals surface area contributed by atoms with Crippen LogP contribution in [0.5, 0.6) is 0 Å². The lowest BCUT2D eigenvalue weighted by Gasteiger charge is -2.35. The molecular weight excluding hydrogens is 218 g/mol. The van der Waals surface area contributed by atoms with Crippen LogP contribution in [0.2, 0.25) is 0 Å². The monoisotopic (exact) mass is 245 g/mol. The molecule has 17 heavy (non-hydrogen) atoms. The first-order valence-electron chi connectivity index (χ1n) is 6.55. The molecule has 1 saturated heterocycles. The largest absolute Gasteiger partial charge is 0.390 e. The lowest BCUT2D eigenvalue weighted by molar-refractivity contribution is -0.0956. The van der Waals surface area contributed by atoms with Crippen molar-refractivity contribution in [1.29, 1.82) is 0 Å². The maximum absolute atomic E-state index is 10.1. The predicted molar refractivity (Wildman–Crippen MR) is 68.2 cm³/mol. The number of hydrogen-bond acceptors (Lipinski definition) is 4. The highest BCUT2D eigenvalue weighted by molar-refractivity contribution is 4.79. The van der Waals surface area contributed by atoms with E-state index in [1.807, 2.05) is 13.8 Å². The average Bonchev–Trinajstić information content (AvgIpc) is 2.36. The van der Waals surface area contributed by atoms with Crippen molar-refractivity contribution in [2.75, 3.05) is 33.4 Å². The number of nitrogens with zero attached hydrogens (tertiary/aromatic N) is 1. The maximum atomic E-state index is 10.1. The van der Waals surface area contributed by atoms with Crippen LogP contribution in [0.15, 0.2) is 0 Å². The Morgan fingerprint density at radius 3 is 2.82 bits per heavy atom. The summed E-state index contributed by atoms with van der Waals surface area (Å²) in [5, 5.41) is 10.1. The van der Waals surface area contributed by atoms with Crippen LogP contribution in [0.25, 0.3) is 0 Å². The van der Waals surface area contributed by atoms with Crippen molar-refractivity contribution in [2.24, 2.45) is 0 Å². The minimum atomic E-state index is -0.390. The third-order valence-electron chi connectivity index (χ3n) is 3.65. The normalized spacial score (nSPS) is 24.9. The van der Waals surface area contributed by atoms with Crippen LogP contribution in [0.4, 0.5) is 0 Å². The highest BCUT2D eigenvalue weighted by Gasteiger charge is 2.28. The van der Waals surface area contributed by atoms with Crippen molar-refractivity contribution < 1.29 is 14.6 Å². The van der Waals surface area contributed by atoms with Crippen molar-refractivity contribution in [3.63, 3.8) is 0 Å². The van der Waals surface area contributed by atoms with Crippen molar-refractivity contribution in [3.8, 4) is 0 Å². The Labute approximate surface area is 105 Å². The lowest BCUT2D eigenvalue weighted by atomic mass is 9.97. The standard InChI is InChI=1S/C13H27NO3/c1-5-14-8-9-17-12(10-14)11(15)6-7-13(2,3)16-4/h11-12,15H,5-10H2,1-4H3. The first kappa shape index (κ1) is 14.9. The van der Waals surface area contributed by atoms with E-state index < -0.39 is 6.10 Å². The lowest BCUT2D eigenvalue weighted by Crippen LogP contribution is -2.47. The topological polar surface area (TPSA) is 41.9 Å². The van der Waals surface area contributed by atoms with Crippen LogP contribution < -0.4 is 0 Å². The number of aliphatic hydroxyl groups excluding tert-OH is 1. The molecular formula is C13H27NO3. The van der Waals surface area contributed by atoms with Crippen molar-refractivity contribution in [2.45, 2.75) is 51.4 Å². The van der Waals surface area contributed by atoms with Gasteiger partial charge in [0.25, 0.3) is 0 Å². The van der Waals surface area contributed by atoms with Crippen LogP contribution in [0, 0.1) is 0 Å². The molecule has 1 rings (SSSR count). The molecule has 1 fully saturated rings. The van der Waals surface area contributed by atoms with Gasteiger partial charge in [-0.05, 0) is 33.2 Å². The fourth-order valence-electron chi connectivity index (χ4n) is 2.04. The molecule has 0 bridgehead atoms. The molecule has 4 nitrogen and oxygen atoms in total. The summed E-state index contributed by atoms with van der Waals surface area (Å²) in [5.41, 5.74) is -0.167. The molecule has 1 aliphatic heterocycles. The second-order valence-corrected chi connectivity index (χ2v) is 5.37. The highest BCUT2D eigenvalue weighted by atomic mass is 16.5. The third-order valence-corrected chi connectivity index (χ3v) is 3.65. The Morgan fingerprint density at radius 1 is 1.53 bits per heavy atom. The number of hydrogen-bond donors (Lipinski definition) is 1. The number of morpholine rings is 1. The van der Waals surface area contributed by atoms with Gasteiger partial charge in [-0.15, -0.1) is 0 Å². The Balaban J connectivity index is 2.34. The zero-order valence-corrected chi connectivity index (χ0v) is 11.6. The Hall–Kier alpha value is -0.160. The van der Waals surface area contributed by atoms with Gasteiger partial charge in [0, 0.05) is 20.2 Å². The van der Waals surface area contributed by atoms with E-state index in [4.69, 9.17) is 9.47 Å². The van der Waals surface area contributed by atoms with Crippen molar-refractivity contribution >= 4 is 0 Å². The highest BCUT2D eigenvalue weighted by Crippen LogP contribution is 2.20. The predicted octanol–water partition coefficient (Wildman–Crippen LogP) is 1.27. The van der Waals surface area contributed by atoms with Crippen LogP contribution in [-0.2, 0) is 9.47 Å². The molecule has 0 saturated carbocycles. The smallest absolute Gasteiger partial charge is 0.0961 e. The molecule has 4 heteroatoms. The van der Waals surface area contributed by atoms with Gasteiger partial charge in [-0.1, -0.05) is 6.92 Å². The quantitative estimate of drug-likeness (QED) is 0.765. The molecule has 0 aliphatic carbocycles. The molecule has 1 N–H and O–H groups in total. The van der Waals surface area contributed by atoms with E-state index in [2.05, 4.69) is 11.8 Å². The van der Waals surface area contributed by atoms with Crippen LogP contribution in [-0.4, -0.2) is 61.2 Å². The number of ether oxygens (including phenoxy) is 2.